The third kappa shape index (κ3) is 6.55. The molecule has 0 atom stereocenters. The van der Waals surface area contributed by atoms with Crippen LogP contribution in [0.25, 0.3) is 9.53 Å². The molecule has 2 aromatic carbocycles. The van der Waals surface area contributed by atoms with E-state index in [1.54, 1.807) is 30.3 Å². The molecule has 0 N–H and O–H groups in total. The van der Waals surface area contributed by atoms with Crippen LogP contribution in [0, 0.1) is 0 Å². The zero-order chi connectivity index (χ0) is 24.8. The minimum absolute atomic E-state index is 0.308. The molecule has 0 aliphatic carbocycles. The van der Waals surface area contributed by atoms with Crippen molar-refractivity contribution in [2.45, 2.75) is 25.9 Å². The van der Waals surface area contributed by atoms with E-state index in [2.05, 4.69) is 25.4 Å². The number of thiazole rings is 1. The maximum absolute atomic E-state index is 12.6. The van der Waals surface area contributed by atoms with Gasteiger partial charge < -0.3 is 4.74 Å². The molecule has 12 heteroatoms. The van der Waals surface area contributed by atoms with Gasteiger partial charge >= 0.3 is 12.1 Å². The van der Waals surface area contributed by atoms with E-state index in [9.17, 15) is 18.0 Å². The molecule has 0 aliphatic rings. The summed E-state index contributed by atoms with van der Waals surface area (Å²) in [5, 5.41) is 16.7. The molecule has 35 heavy (non-hydrogen) atoms. The summed E-state index contributed by atoms with van der Waals surface area (Å²) in [4.78, 5) is 17.7. The molecule has 0 spiro atoms. The van der Waals surface area contributed by atoms with E-state index in [0.29, 0.717) is 38.5 Å². The van der Waals surface area contributed by atoms with Gasteiger partial charge in [0.2, 0.25) is 5.13 Å². The number of halogens is 3. The minimum atomic E-state index is -4.39. The molecular formula is C23H18F3N5O2S2. The van der Waals surface area contributed by atoms with E-state index >= 15 is 0 Å². The Bertz CT molecular complexity index is 1330. The van der Waals surface area contributed by atoms with Gasteiger partial charge in [-0.1, -0.05) is 24.7 Å². The van der Waals surface area contributed by atoms with Crippen LogP contribution < -0.4 is 0 Å². The van der Waals surface area contributed by atoms with Crippen LogP contribution in [0.1, 0.15) is 35.0 Å². The molecule has 0 amide bonds. The third-order valence-corrected chi connectivity index (χ3v) is 6.61. The lowest BCUT2D eigenvalue weighted by molar-refractivity contribution is -0.137. The van der Waals surface area contributed by atoms with Crippen molar-refractivity contribution in [3.8, 4) is 0 Å². The van der Waals surface area contributed by atoms with Gasteiger partial charge in [-0.3, -0.25) is 0 Å². The van der Waals surface area contributed by atoms with E-state index in [4.69, 9.17) is 4.74 Å². The van der Waals surface area contributed by atoms with Crippen molar-refractivity contribution in [3.63, 3.8) is 0 Å². The van der Waals surface area contributed by atoms with Crippen molar-refractivity contribution in [3.05, 3.63) is 65.0 Å². The summed E-state index contributed by atoms with van der Waals surface area (Å²) in [5.41, 5.74) is 0.647. The molecule has 0 fully saturated rings. The first-order valence-electron chi connectivity index (χ1n) is 10.5. The Kier molecular flexibility index (Phi) is 7.61. The fourth-order valence-corrected chi connectivity index (χ4v) is 4.69. The van der Waals surface area contributed by atoms with Crippen LogP contribution in [0.15, 0.2) is 75.1 Å². The van der Waals surface area contributed by atoms with Crippen molar-refractivity contribution in [2.24, 2.45) is 20.5 Å². The standard InChI is InChI=1S/C23H18F3N5O2S2/c1-2-3-12-33-21(32)19-13-18-20(34-19)27-22(35-18)31-30-17-10-8-16(9-11-17)29-28-15-6-4-14(5-7-15)23(24,25)26/h4-11,13H,2-3,12H2,1H3. The molecule has 0 saturated carbocycles. The number of alkyl halides is 3. The molecule has 2 heterocycles. The Morgan fingerprint density at radius 3 is 2.03 bits per heavy atom. The van der Waals surface area contributed by atoms with Gasteiger partial charge in [0.15, 0.2) is 0 Å². The number of hydrogen-bond donors (Lipinski definition) is 0. The van der Waals surface area contributed by atoms with E-state index in [1.807, 2.05) is 6.92 Å². The average Bonchev–Trinajstić information content (AvgIpc) is 3.41. The Morgan fingerprint density at radius 2 is 1.49 bits per heavy atom. The van der Waals surface area contributed by atoms with E-state index in [1.165, 1.54) is 34.8 Å². The predicted octanol–water partition coefficient (Wildman–Crippen LogP) is 9.16. The van der Waals surface area contributed by atoms with Crippen molar-refractivity contribution in [1.29, 1.82) is 0 Å². The van der Waals surface area contributed by atoms with E-state index in [0.717, 1.165) is 29.7 Å². The summed E-state index contributed by atoms with van der Waals surface area (Å²) in [5.74, 6) is -0.340. The number of carbonyl (C=O) groups excluding carboxylic acids is 1. The van der Waals surface area contributed by atoms with Crippen LogP contribution in [-0.2, 0) is 10.9 Å². The van der Waals surface area contributed by atoms with E-state index in [-0.39, 0.29) is 5.97 Å². The molecule has 0 saturated heterocycles. The maximum atomic E-state index is 12.6. The summed E-state index contributed by atoms with van der Waals surface area (Å²) in [6.07, 6.45) is -2.60. The number of benzene rings is 2. The van der Waals surface area contributed by atoms with Crippen LogP contribution in [-0.4, -0.2) is 17.6 Å². The zero-order valence-corrected chi connectivity index (χ0v) is 20.0. The van der Waals surface area contributed by atoms with Crippen molar-refractivity contribution in [1.82, 2.24) is 4.98 Å². The SMILES string of the molecule is CCCCOC(=O)c1cc2sc(N=Nc3ccc(N=Nc4ccc(C(F)(F)F)cc4)cc3)nc2s1. The highest BCUT2D eigenvalue weighted by atomic mass is 32.1. The van der Waals surface area contributed by atoms with Gasteiger partial charge in [-0.2, -0.15) is 23.4 Å². The normalized spacial score (nSPS) is 12.2. The number of fused-ring (bicyclic) bond motifs is 1. The first kappa shape index (κ1) is 24.6. The lowest BCUT2D eigenvalue weighted by atomic mass is 10.2. The van der Waals surface area contributed by atoms with Crippen LogP contribution in [0.3, 0.4) is 0 Å². The summed E-state index contributed by atoms with van der Waals surface area (Å²) < 4.78 is 43.9. The number of hydrogen-bond acceptors (Lipinski definition) is 9. The molecule has 0 radical (unpaired) electrons. The number of rotatable bonds is 8. The second-order valence-corrected chi connectivity index (χ2v) is 9.27. The number of nitrogens with zero attached hydrogens (tertiary/aromatic N) is 5. The Labute approximate surface area is 206 Å². The second kappa shape index (κ2) is 10.8. The summed E-state index contributed by atoms with van der Waals surface area (Å²) in [6, 6.07) is 12.9. The van der Waals surface area contributed by atoms with Crippen molar-refractivity contribution < 1.29 is 22.7 Å². The van der Waals surface area contributed by atoms with Crippen molar-refractivity contribution >= 4 is 60.4 Å². The zero-order valence-electron chi connectivity index (χ0n) is 18.3. The number of thiophene rings is 1. The quantitative estimate of drug-likeness (QED) is 0.133. The molecule has 180 valence electrons. The largest absolute Gasteiger partial charge is 0.462 e. The van der Waals surface area contributed by atoms with Gasteiger partial charge in [-0.05, 0) is 61.0 Å². The smallest absolute Gasteiger partial charge is 0.416 e. The molecule has 4 aromatic rings. The third-order valence-electron chi connectivity index (χ3n) is 4.59. The first-order chi connectivity index (χ1) is 16.8. The van der Waals surface area contributed by atoms with Crippen molar-refractivity contribution in [2.75, 3.05) is 6.61 Å². The minimum Gasteiger partial charge on any atom is -0.462 e. The van der Waals surface area contributed by atoms with Gasteiger partial charge in [0.05, 0.1) is 33.9 Å². The fraction of sp³-hybridized carbons (Fsp3) is 0.217. The topological polar surface area (TPSA) is 88.6 Å². The highest BCUT2D eigenvalue weighted by molar-refractivity contribution is 7.29. The van der Waals surface area contributed by atoms with Gasteiger partial charge in [0.1, 0.15) is 9.71 Å². The number of unbranched alkanes of at least 4 members (excludes halogenated alkanes) is 1. The summed E-state index contributed by atoms with van der Waals surface area (Å²) >= 11 is 2.58. The van der Waals surface area contributed by atoms with Crippen LogP contribution in [0.5, 0.6) is 0 Å². The van der Waals surface area contributed by atoms with Crippen LogP contribution in [0.4, 0.5) is 35.4 Å². The van der Waals surface area contributed by atoms with Gasteiger partial charge in [-0.15, -0.1) is 21.6 Å². The number of ether oxygens (including phenoxy) is 1. The number of aromatic nitrogens is 1. The summed E-state index contributed by atoms with van der Waals surface area (Å²) in [7, 11) is 0. The Hall–Kier alpha value is -3.51. The summed E-state index contributed by atoms with van der Waals surface area (Å²) in [6.45, 7) is 2.43. The van der Waals surface area contributed by atoms with Gasteiger partial charge in [0, 0.05) is 0 Å². The van der Waals surface area contributed by atoms with E-state index < -0.39 is 11.7 Å². The molecule has 0 aliphatic heterocycles. The van der Waals surface area contributed by atoms with Gasteiger partial charge in [-0.25, -0.2) is 9.78 Å². The molecule has 0 unspecified atom stereocenters. The Balaban J connectivity index is 1.36. The second-order valence-electron chi connectivity index (χ2n) is 7.23. The highest BCUT2D eigenvalue weighted by Gasteiger charge is 2.29. The maximum Gasteiger partial charge on any atom is 0.416 e. The van der Waals surface area contributed by atoms with Crippen LogP contribution in [0.2, 0.25) is 0 Å². The molecule has 4 rings (SSSR count). The molecule has 7 nitrogen and oxygen atoms in total. The van der Waals surface area contributed by atoms with Gasteiger partial charge in [0.25, 0.3) is 0 Å². The Morgan fingerprint density at radius 1 is 0.914 bits per heavy atom. The number of azo groups is 2. The molecule has 0 bridgehead atoms. The average molecular weight is 518 g/mol. The lowest BCUT2D eigenvalue weighted by Crippen LogP contribution is -2.03. The lowest BCUT2D eigenvalue weighted by Gasteiger charge is -2.05. The monoisotopic (exact) mass is 517 g/mol. The fourth-order valence-electron chi connectivity index (χ4n) is 2.77. The predicted molar refractivity (Wildman–Crippen MR) is 129 cm³/mol. The number of esters is 1. The molecular weight excluding hydrogens is 499 g/mol. The highest BCUT2D eigenvalue weighted by Crippen LogP contribution is 2.35. The first-order valence-corrected chi connectivity index (χ1v) is 12.1. The molecule has 2 aromatic heterocycles. The number of carbonyl (C=O) groups is 1. The van der Waals surface area contributed by atoms with Crippen LogP contribution >= 0.6 is 22.7 Å².